The number of ether oxygens (including phenoxy) is 1. The van der Waals surface area contributed by atoms with E-state index in [1.54, 1.807) is 6.07 Å². The van der Waals surface area contributed by atoms with E-state index in [1.807, 2.05) is 37.3 Å². The molecule has 0 saturated heterocycles. The fourth-order valence-electron chi connectivity index (χ4n) is 2.29. The molecule has 0 atom stereocenters. The molecule has 7 heteroatoms. The molecule has 7 nitrogen and oxygen atoms in total. The summed E-state index contributed by atoms with van der Waals surface area (Å²) in [4.78, 5) is 11.4. The summed E-state index contributed by atoms with van der Waals surface area (Å²) in [7, 11) is 0. The zero-order valence-corrected chi connectivity index (χ0v) is 12.4. The average molecular weight is 310 g/mol. The van der Waals surface area contributed by atoms with Crippen LogP contribution in [0.1, 0.15) is 17.3 Å². The predicted molar refractivity (Wildman–Crippen MR) is 82.7 cm³/mol. The minimum Gasteiger partial charge on any atom is -0.493 e. The molecular weight excluding hydrogens is 296 g/mol. The maximum absolute atomic E-state index is 11.4. The zero-order chi connectivity index (χ0) is 16.2. The summed E-state index contributed by atoms with van der Waals surface area (Å²) in [6, 6.07) is 12.4. The van der Waals surface area contributed by atoms with Crippen LogP contribution in [0.3, 0.4) is 0 Å². The highest BCUT2D eigenvalue weighted by atomic mass is 16.5. The van der Waals surface area contributed by atoms with E-state index in [2.05, 4.69) is 15.5 Å². The minimum atomic E-state index is -1.02. The standard InChI is InChI=1S/C16H14N4O3/c1-2-23-15-6-4-3-5-14(15)11-7-12(16(21)22)9-13(8-11)20-10-17-18-19-20/h3-10H,2H2,1H3,(H,21,22). The Labute approximate surface area is 132 Å². The molecule has 2 aromatic carbocycles. The van der Waals surface area contributed by atoms with Gasteiger partial charge in [-0.1, -0.05) is 18.2 Å². The van der Waals surface area contributed by atoms with Crippen molar-refractivity contribution in [3.63, 3.8) is 0 Å². The molecule has 0 radical (unpaired) electrons. The highest BCUT2D eigenvalue weighted by Gasteiger charge is 2.13. The predicted octanol–water partition coefficient (Wildman–Crippen LogP) is 2.43. The van der Waals surface area contributed by atoms with E-state index < -0.39 is 5.97 Å². The van der Waals surface area contributed by atoms with Gasteiger partial charge in [-0.2, -0.15) is 0 Å². The number of tetrazole rings is 1. The molecule has 1 heterocycles. The molecule has 0 amide bonds. The Kier molecular flexibility index (Phi) is 4.01. The lowest BCUT2D eigenvalue weighted by atomic mass is 10.0. The first kappa shape index (κ1) is 14.7. The Balaban J connectivity index is 2.18. The van der Waals surface area contributed by atoms with Crippen LogP contribution in [0, 0.1) is 0 Å². The third kappa shape index (κ3) is 3.03. The molecule has 0 saturated carbocycles. The van der Waals surface area contributed by atoms with Crippen LogP contribution in [-0.4, -0.2) is 37.9 Å². The fourth-order valence-corrected chi connectivity index (χ4v) is 2.29. The van der Waals surface area contributed by atoms with Crippen molar-refractivity contribution < 1.29 is 14.6 Å². The van der Waals surface area contributed by atoms with E-state index in [0.717, 1.165) is 11.1 Å². The van der Waals surface area contributed by atoms with Crippen molar-refractivity contribution in [2.75, 3.05) is 6.61 Å². The number of carbonyl (C=O) groups is 1. The van der Waals surface area contributed by atoms with Gasteiger partial charge in [0, 0.05) is 5.56 Å². The summed E-state index contributed by atoms with van der Waals surface area (Å²) in [5.74, 6) is -0.324. The van der Waals surface area contributed by atoms with E-state index in [4.69, 9.17) is 4.74 Å². The van der Waals surface area contributed by atoms with Gasteiger partial charge in [0.15, 0.2) is 0 Å². The first-order valence-electron chi connectivity index (χ1n) is 7.03. The first-order valence-corrected chi connectivity index (χ1v) is 7.03. The number of aromatic carboxylic acids is 1. The van der Waals surface area contributed by atoms with Gasteiger partial charge in [-0.25, -0.2) is 9.48 Å². The van der Waals surface area contributed by atoms with Crippen LogP contribution in [0.2, 0.25) is 0 Å². The van der Waals surface area contributed by atoms with E-state index in [-0.39, 0.29) is 5.56 Å². The highest BCUT2D eigenvalue weighted by Crippen LogP contribution is 2.32. The lowest BCUT2D eigenvalue weighted by Gasteiger charge is -2.12. The third-order valence-corrected chi connectivity index (χ3v) is 3.28. The van der Waals surface area contributed by atoms with Gasteiger partial charge < -0.3 is 9.84 Å². The molecule has 0 unspecified atom stereocenters. The van der Waals surface area contributed by atoms with Gasteiger partial charge in [0.25, 0.3) is 0 Å². The summed E-state index contributed by atoms with van der Waals surface area (Å²) in [6.07, 6.45) is 1.42. The molecule has 0 aliphatic carbocycles. The SMILES string of the molecule is CCOc1ccccc1-c1cc(C(=O)O)cc(-n2cnnn2)c1. The van der Waals surface area contributed by atoms with Crippen molar-refractivity contribution in [1.29, 1.82) is 0 Å². The molecule has 1 aromatic heterocycles. The van der Waals surface area contributed by atoms with Gasteiger partial charge in [-0.05, 0) is 47.2 Å². The normalized spacial score (nSPS) is 10.5. The highest BCUT2D eigenvalue weighted by molar-refractivity contribution is 5.91. The number of carboxylic acids is 1. The summed E-state index contributed by atoms with van der Waals surface area (Å²) in [5.41, 5.74) is 2.25. The molecule has 0 aliphatic rings. The molecule has 23 heavy (non-hydrogen) atoms. The third-order valence-electron chi connectivity index (χ3n) is 3.28. The van der Waals surface area contributed by atoms with Crippen molar-refractivity contribution in [3.05, 3.63) is 54.4 Å². The number of para-hydroxylation sites is 1. The van der Waals surface area contributed by atoms with Crippen LogP contribution in [-0.2, 0) is 0 Å². The lowest BCUT2D eigenvalue weighted by Crippen LogP contribution is -2.02. The Morgan fingerprint density at radius 1 is 1.26 bits per heavy atom. The molecule has 0 spiro atoms. The van der Waals surface area contributed by atoms with E-state index in [9.17, 15) is 9.90 Å². The molecule has 3 rings (SSSR count). The number of benzene rings is 2. The molecule has 0 fully saturated rings. The van der Waals surface area contributed by atoms with Crippen LogP contribution in [0.4, 0.5) is 0 Å². The first-order chi connectivity index (χ1) is 11.2. The maximum Gasteiger partial charge on any atom is 0.335 e. The van der Waals surface area contributed by atoms with Crippen LogP contribution < -0.4 is 4.74 Å². The van der Waals surface area contributed by atoms with Crippen LogP contribution >= 0.6 is 0 Å². The van der Waals surface area contributed by atoms with Gasteiger partial charge in [0.1, 0.15) is 12.1 Å². The second-order valence-corrected chi connectivity index (χ2v) is 4.76. The van der Waals surface area contributed by atoms with Crippen LogP contribution in [0.5, 0.6) is 5.75 Å². The number of rotatable bonds is 5. The number of hydrogen-bond donors (Lipinski definition) is 1. The molecule has 116 valence electrons. The summed E-state index contributed by atoms with van der Waals surface area (Å²) < 4.78 is 7.04. The summed E-state index contributed by atoms with van der Waals surface area (Å²) >= 11 is 0. The van der Waals surface area contributed by atoms with Crippen molar-refractivity contribution in [2.45, 2.75) is 6.92 Å². The van der Waals surface area contributed by atoms with E-state index >= 15 is 0 Å². The van der Waals surface area contributed by atoms with E-state index in [1.165, 1.54) is 17.1 Å². The van der Waals surface area contributed by atoms with Crippen molar-refractivity contribution >= 4 is 5.97 Å². The number of hydrogen-bond acceptors (Lipinski definition) is 5. The lowest BCUT2D eigenvalue weighted by molar-refractivity contribution is 0.0697. The van der Waals surface area contributed by atoms with Gasteiger partial charge in [0.05, 0.1) is 17.9 Å². The average Bonchev–Trinajstić information content (AvgIpc) is 3.10. The van der Waals surface area contributed by atoms with Crippen molar-refractivity contribution in [3.8, 4) is 22.6 Å². The second-order valence-electron chi connectivity index (χ2n) is 4.76. The van der Waals surface area contributed by atoms with Crippen molar-refractivity contribution in [1.82, 2.24) is 20.2 Å². The van der Waals surface area contributed by atoms with Crippen LogP contribution in [0.25, 0.3) is 16.8 Å². The molecule has 1 N–H and O–H groups in total. The Morgan fingerprint density at radius 3 is 2.78 bits per heavy atom. The van der Waals surface area contributed by atoms with Gasteiger partial charge in [0.2, 0.25) is 0 Å². The minimum absolute atomic E-state index is 0.152. The number of aromatic nitrogens is 4. The number of carboxylic acid groups (broad SMARTS) is 1. The van der Waals surface area contributed by atoms with Gasteiger partial charge in [-0.15, -0.1) is 5.10 Å². The summed E-state index contributed by atoms with van der Waals surface area (Å²) in [5, 5.41) is 20.3. The molecule has 0 bridgehead atoms. The number of nitrogens with zero attached hydrogens (tertiary/aromatic N) is 4. The largest absolute Gasteiger partial charge is 0.493 e. The molecular formula is C16H14N4O3. The summed E-state index contributed by atoms with van der Waals surface area (Å²) in [6.45, 7) is 2.42. The van der Waals surface area contributed by atoms with Gasteiger partial charge in [-0.3, -0.25) is 0 Å². The quantitative estimate of drug-likeness (QED) is 0.778. The zero-order valence-electron chi connectivity index (χ0n) is 12.4. The van der Waals surface area contributed by atoms with Gasteiger partial charge >= 0.3 is 5.97 Å². The monoisotopic (exact) mass is 310 g/mol. The topological polar surface area (TPSA) is 90.1 Å². The fraction of sp³-hybridized carbons (Fsp3) is 0.125. The maximum atomic E-state index is 11.4. The Hall–Kier alpha value is -3.22. The molecule has 0 aliphatic heterocycles. The van der Waals surface area contributed by atoms with Crippen LogP contribution in [0.15, 0.2) is 48.8 Å². The smallest absolute Gasteiger partial charge is 0.335 e. The van der Waals surface area contributed by atoms with E-state index in [0.29, 0.717) is 18.0 Å². The second kappa shape index (κ2) is 6.27. The Bertz CT molecular complexity index is 831. The Morgan fingerprint density at radius 2 is 2.09 bits per heavy atom. The van der Waals surface area contributed by atoms with Crippen molar-refractivity contribution in [2.24, 2.45) is 0 Å². The molecule has 3 aromatic rings.